The number of hydrogen-bond donors (Lipinski definition) is 0. The fraction of sp³-hybridized carbons (Fsp3) is 0.238. The zero-order valence-electron chi connectivity index (χ0n) is 15.4. The first kappa shape index (κ1) is 17.9. The molecule has 4 aromatic rings. The molecule has 2 aromatic heterocycles. The maximum absolute atomic E-state index is 13.1. The number of aromatic nitrogens is 3. The number of carbonyl (C=O) groups is 1. The predicted molar refractivity (Wildman–Crippen MR) is 107 cm³/mol. The van der Waals surface area contributed by atoms with Gasteiger partial charge in [-0.05, 0) is 55.3 Å². The lowest BCUT2D eigenvalue weighted by molar-refractivity contribution is 0.0696. The number of halogens is 1. The maximum Gasteiger partial charge on any atom is 0.253 e. The van der Waals surface area contributed by atoms with Crippen LogP contribution >= 0.6 is 11.3 Å². The summed E-state index contributed by atoms with van der Waals surface area (Å²) in [6.07, 6.45) is 1.75. The number of nitrogens with zero attached hydrogens (tertiary/aromatic N) is 4. The fourth-order valence-corrected chi connectivity index (χ4v) is 4.37. The van der Waals surface area contributed by atoms with Crippen LogP contribution in [0, 0.1) is 5.82 Å². The zero-order valence-corrected chi connectivity index (χ0v) is 16.2. The fourth-order valence-electron chi connectivity index (χ4n) is 3.65. The van der Waals surface area contributed by atoms with Crippen molar-refractivity contribution in [3.05, 3.63) is 65.2 Å². The standard InChI is InChI=1S/C21H17FN4O2S/c22-16-6-3-13(4-7-16)19-24-20(28-25-19)15-2-1-9-26(11-15)21(27)14-5-8-17-18(10-14)29-12-23-17/h3-8,10,12,15H,1-2,9,11H2/t15-/m0/s1. The van der Waals surface area contributed by atoms with E-state index in [1.807, 2.05) is 23.1 Å². The van der Waals surface area contributed by atoms with Crippen molar-refractivity contribution in [1.82, 2.24) is 20.0 Å². The number of benzene rings is 2. The molecule has 0 unspecified atom stereocenters. The van der Waals surface area contributed by atoms with Gasteiger partial charge in [-0.1, -0.05) is 5.16 Å². The van der Waals surface area contributed by atoms with Crippen molar-refractivity contribution in [3.8, 4) is 11.4 Å². The largest absolute Gasteiger partial charge is 0.339 e. The Balaban J connectivity index is 1.34. The van der Waals surface area contributed by atoms with E-state index in [9.17, 15) is 9.18 Å². The molecule has 1 atom stereocenters. The summed E-state index contributed by atoms with van der Waals surface area (Å²) >= 11 is 1.53. The Hall–Kier alpha value is -3.13. The van der Waals surface area contributed by atoms with Crippen LogP contribution in [0.3, 0.4) is 0 Å². The minimum absolute atomic E-state index is 0.00303. The summed E-state index contributed by atoms with van der Waals surface area (Å²) in [5, 5.41) is 4.03. The minimum atomic E-state index is -0.310. The van der Waals surface area contributed by atoms with Crippen molar-refractivity contribution < 1.29 is 13.7 Å². The zero-order chi connectivity index (χ0) is 19.8. The lowest BCUT2D eigenvalue weighted by Crippen LogP contribution is -2.39. The Labute approximate surface area is 170 Å². The summed E-state index contributed by atoms with van der Waals surface area (Å²) < 4.78 is 19.6. The second-order valence-corrected chi connectivity index (χ2v) is 7.97. The molecular weight excluding hydrogens is 391 g/mol. The van der Waals surface area contributed by atoms with Gasteiger partial charge < -0.3 is 9.42 Å². The number of carbonyl (C=O) groups excluding carboxylic acids is 1. The molecule has 1 saturated heterocycles. The van der Waals surface area contributed by atoms with Gasteiger partial charge in [-0.3, -0.25) is 4.79 Å². The van der Waals surface area contributed by atoms with E-state index in [4.69, 9.17) is 4.52 Å². The molecule has 0 aliphatic carbocycles. The molecule has 1 amide bonds. The molecule has 0 spiro atoms. The second kappa shape index (κ2) is 7.36. The van der Waals surface area contributed by atoms with Crippen molar-refractivity contribution in [2.24, 2.45) is 0 Å². The Morgan fingerprint density at radius 3 is 2.93 bits per heavy atom. The molecule has 6 nitrogen and oxygen atoms in total. The predicted octanol–water partition coefficient (Wildman–Crippen LogP) is 4.51. The van der Waals surface area contributed by atoms with E-state index in [-0.39, 0.29) is 17.6 Å². The SMILES string of the molecule is O=C(c1ccc2ncsc2c1)N1CCC[C@H](c2nc(-c3ccc(F)cc3)no2)C1. The van der Waals surface area contributed by atoms with Gasteiger partial charge in [-0.2, -0.15) is 4.98 Å². The van der Waals surface area contributed by atoms with Gasteiger partial charge in [-0.25, -0.2) is 9.37 Å². The molecule has 1 aliphatic heterocycles. The summed E-state index contributed by atoms with van der Waals surface area (Å²) in [4.78, 5) is 23.6. The molecule has 3 heterocycles. The second-order valence-electron chi connectivity index (χ2n) is 7.09. The van der Waals surface area contributed by atoms with E-state index in [1.165, 1.54) is 23.5 Å². The first-order valence-corrected chi connectivity index (χ1v) is 10.3. The lowest BCUT2D eigenvalue weighted by Gasteiger charge is -2.31. The monoisotopic (exact) mass is 408 g/mol. The molecule has 29 heavy (non-hydrogen) atoms. The molecule has 2 aromatic carbocycles. The molecule has 0 saturated carbocycles. The van der Waals surface area contributed by atoms with Crippen LogP contribution in [0.15, 0.2) is 52.5 Å². The van der Waals surface area contributed by atoms with Gasteiger partial charge in [-0.15, -0.1) is 11.3 Å². The third kappa shape index (κ3) is 3.51. The molecule has 146 valence electrons. The average Bonchev–Trinajstić information content (AvgIpc) is 3.43. The van der Waals surface area contributed by atoms with Crippen LogP contribution in [0.1, 0.15) is 35.0 Å². The van der Waals surface area contributed by atoms with Crippen LogP contribution in [0.5, 0.6) is 0 Å². The van der Waals surface area contributed by atoms with Crippen LogP contribution in [0.4, 0.5) is 4.39 Å². The summed E-state index contributed by atoms with van der Waals surface area (Å²) in [5.41, 5.74) is 4.05. The van der Waals surface area contributed by atoms with Gasteiger partial charge in [0.2, 0.25) is 11.7 Å². The van der Waals surface area contributed by atoms with Gasteiger partial charge in [0.25, 0.3) is 5.91 Å². The molecule has 5 rings (SSSR count). The van der Waals surface area contributed by atoms with Gasteiger partial charge in [0.15, 0.2) is 0 Å². The normalized spacial score (nSPS) is 17.0. The van der Waals surface area contributed by atoms with E-state index in [1.54, 1.807) is 17.6 Å². The van der Waals surface area contributed by atoms with Crippen molar-refractivity contribution >= 4 is 27.5 Å². The van der Waals surface area contributed by atoms with Crippen LogP contribution in [0.2, 0.25) is 0 Å². The molecule has 0 N–H and O–H groups in total. The third-order valence-electron chi connectivity index (χ3n) is 5.18. The minimum Gasteiger partial charge on any atom is -0.339 e. The van der Waals surface area contributed by atoms with E-state index in [0.29, 0.717) is 35.9 Å². The highest BCUT2D eigenvalue weighted by Crippen LogP contribution is 2.29. The van der Waals surface area contributed by atoms with Gasteiger partial charge in [0, 0.05) is 24.2 Å². The summed E-state index contributed by atoms with van der Waals surface area (Å²) in [6, 6.07) is 11.6. The van der Waals surface area contributed by atoms with Crippen molar-refractivity contribution in [1.29, 1.82) is 0 Å². The first-order valence-electron chi connectivity index (χ1n) is 9.39. The topological polar surface area (TPSA) is 72.1 Å². The number of likely N-dealkylation sites (tertiary alicyclic amines) is 1. The maximum atomic E-state index is 13.1. The number of amides is 1. The number of hydrogen-bond acceptors (Lipinski definition) is 6. The van der Waals surface area contributed by atoms with Gasteiger partial charge in [0.1, 0.15) is 5.82 Å². The number of fused-ring (bicyclic) bond motifs is 1. The van der Waals surface area contributed by atoms with E-state index < -0.39 is 0 Å². The van der Waals surface area contributed by atoms with Crippen LogP contribution in [0.25, 0.3) is 21.6 Å². The summed E-state index contributed by atoms with van der Waals surface area (Å²) in [6.45, 7) is 1.24. The van der Waals surface area contributed by atoms with Crippen molar-refractivity contribution in [2.75, 3.05) is 13.1 Å². The first-order chi connectivity index (χ1) is 14.2. The highest BCUT2D eigenvalue weighted by Gasteiger charge is 2.29. The Kier molecular flexibility index (Phi) is 4.55. The Morgan fingerprint density at radius 1 is 1.21 bits per heavy atom. The number of rotatable bonds is 3. The van der Waals surface area contributed by atoms with Crippen LogP contribution in [-0.2, 0) is 0 Å². The quantitative estimate of drug-likeness (QED) is 0.499. The van der Waals surface area contributed by atoms with Crippen LogP contribution < -0.4 is 0 Å². The van der Waals surface area contributed by atoms with E-state index in [0.717, 1.165) is 23.1 Å². The summed E-state index contributed by atoms with van der Waals surface area (Å²) in [7, 11) is 0. The Bertz CT molecular complexity index is 1170. The molecular formula is C21H17FN4O2S. The summed E-state index contributed by atoms with van der Waals surface area (Å²) in [5.74, 6) is 0.624. The van der Waals surface area contributed by atoms with Gasteiger partial charge in [0.05, 0.1) is 21.6 Å². The van der Waals surface area contributed by atoms with E-state index >= 15 is 0 Å². The number of piperidine rings is 1. The Morgan fingerprint density at radius 2 is 2.07 bits per heavy atom. The van der Waals surface area contributed by atoms with Crippen molar-refractivity contribution in [3.63, 3.8) is 0 Å². The molecule has 0 bridgehead atoms. The highest BCUT2D eigenvalue weighted by atomic mass is 32.1. The van der Waals surface area contributed by atoms with Crippen LogP contribution in [-0.4, -0.2) is 39.0 Å². The number of thiazole rings is 1. The highest BCUT2D eigenvalue weighted by molar-refractivity contribution is 7.16. The van der Waals surface area contributed by atoms with Gasteiger partial charge >= 0.3 is 0 Å². The third-order valence-corrected chi connectivity index (χ3v) is 5.97. The van der Waals surface area contributed by atoms with Crippen molar-refractivity contribution in [2.45, 2.75) is 18.8 Å². The molecule has 0 radical (unpaired) electrons. The molecule has 8 heteroatoms. The average molecular weight is 408 g/mol. The molecule has 1 aliphatic rings. The lowest BCUT2D eigenvalue weighted by atomic mass is 9.97. The molecule has 1 fully saturated rings. The van der Waals surface area contributed by atoms with E-state index in [2.05, 4.69) is 15.1 Å². The smallest absolute Gasteiger partial charge is 0.253 e.